The molecule has 25 heavy (non-hydrogen) atoms. The molecule has 7 heteroatoms. The number of pyridine rings is 1. The molecule has 1 fully saturated rings. The zero-order chi connectivity index (χ0) is 18.1. The van der Waals surface area contributed by atoms with Crippen molar-refractivity contribution >= 4 is 5.91 Å². The van der Waals surface area contributed by atoms with E-state index in [4.69, 9.17) is 0 Å². The van der Waals surface area contributed by atoms with Gasteiger partial charge in [0.2, 0.25) is 5.91 Å². The first-order valence-corrected chi connectivity index (χ1v) is 7.95. The first-order valence-electron chi connectivity index (χ1n) is 7.95. The van der Waals surface area contributed by atoms with E-state index in [0.29, 0.717) is 11.3 Å². The molecule has 4 nitrogen and oxygen atoms in total. The Morgan fingerprint density at radius 3 is 2.60 bits per heavy atom. The monoisotopic (exact) mass is 349 g/mol. The molecule has 2 heterocycles. The zero-order valence-corrected chi connectivity index (χ0v) is 13.8. The minimum atomic E-state index is -0.947. The summed E-state index contributed by atoms with van der Waals surface area (Å²) in [6.07, 6.45) is 1.36. The summed E-state index contributed by atoms with van der Waals surface area (Å²) in [7, 11) is 1.64. The molecule has 0 spiro atoms. The van der Waals surface area contributed by atoms with Crippen LogP contribution in [0.3, 0.4) is 0 Å². The normalized spacial score (nSPS) is 21.6. The van der Waals surface area contributed by atoms with Crippen LogP contribution in [0.15, 0.2) is 36.5 Å². The number of likely N-dealkylation sites (N-methyl/N-ethyl adjacent to an activating group) is 1. The molecule has 0 unspecified atom stereocenters. The molecule has 0 bridgehead atoms. The van der Waals surface area contributed by atoms with Crippen LogP contribution in [0.1, 0.15) is 36.7 Å². The van der Waals surface area contributed by atoms with Crippen molar-refractivity contribution in [1.29, 1.82) is 0 Å². The molecule has 3 atom stereocenters. The standard InChI is InChI=1S/C18H18F3N3O/c1-10(15-6-4-12(19)9-22-15)23-16-8-17(25)24(2)18(16)11-3-5-13(20)14(21)7-11/h3-7,9-10,16,18,23H,8H2,1-2H3/t10-,16+,18+/m0/s1. The lowest BCUT2D eigenvalue weighted by molar-refractivity contribution is -0.127. The summed E-state index contributed by atoms with van der Waals surface area (Å²) in [5.41, 5.74) is 1.15. The lowest BCUT2D eigenvalue weighted by Crippen LogP contribution is -2.37. The minimum Gasteiger partial charge on any atom is -0.337 e. The van der Waals surface area contributed by atoms with Gasteiger partial charge in [0.15, 0.2) is 11.6 Å². The Kier molecular flexibility index (Phi) is 4.76. The molecule has 1 aliphatic heterocycles. The van der Waals surface area contributed by atoms with Gasteiger partial charge in [0, 0.05) is 25.6 Å². The number of nitrogens with one attached hydrogen (secondary N) is 1. The van der Waals surface area contributed by atoms with E-state index < -0.39 is 23.5 Å². The van der Waals surface area contributed by atoms with Gasteiger partial charge in [-0.1, -0.05) is 6.07 Å². The predicted molar refractivity (Wildman–Crippen MR) is 86.0 cm³/mol. The number of likely N-dealkylation sites (tertiary alicyclic amines) is 1. The highest BCUT2D eigenvalue weighted by atomic mass is 19.2. The fraction of sp³-hybridized carbons (Fsp3) is 0.333. The molecule has 132 valence electrons. The smallest absolute Gasteiger partial charge is 0.224 e. The molecular weight excluding hydrogens is 331 g/mol. The van der Waals surface area contributed by atoms with Gasteiger partial charge in [-0.25, -0.2) is 13.2 Å². The summed E-state index contributed by atoms with van der Waals surface area (Å²) in [5.74, 6) is -2.39. The third-order valence-electron chi connectivity index (χ3n) is 4.53. The lowest BCUT2D eigenvalue weighted by Gasteiger charge is -2.28. The van der Waals surface area contributed by atoms with Crippen molar-refractivity contribution in [2.45, 2.75) is 31.5 Å². The van der Waals surface area contributed by atoms with Gasteiger partial charge in [-0.05, 0) is 36.8 Å². The van der Waals surface area contributed by atoms with E-state index in [9.17, 15) is 18.0 Å². The van der Waals surface area contributed by atoms with Gasteiger partial charge in [-0.3, -0.25) is 9.78 Å². The Morgan fingerprint density at radius 1 is 1.20 bits per heavy atom. The number of rotatable bonds is 4. The molecule has 0 radical (unpaired) electrons. The Balaban J connectivity index is 1.84. The quantitative estimate of drug-likeness (QED) is 0.922. The van der Waals surface area contributed by atoms with Crippen molar-refractivity contribution in [1.82, 2.24) is 15.2 Å². The van der Waals surface area contributed by atoms with Crippen molar-refractivity contribution in [2.24, 2.45) is 0 Å². The number of hydrogen-bond donors (Lipinski definition) is 1. The molecule has 1 aromatic heterocycles. The molecule has 1 amide bonds. The van der Waals surface area contributed by atoms with Gasteiger partial charge in [0.05, 0.1) is 17.9 Å². The summed E-state index contributed by atoms with van der Waals surface area (Å²) in [5, 5.41) is 3.29. The SMILES string of the molecule is C[C@H](N[C@@H]1CC(=O)N(C)[C@@H]1c1ccc(F)c(F)c1)c1ccc(F)cn1. The number of aromatic nitrogens is 1. The van der Waals surface area contributed by atoms with Crippen LogP contribution in [-0.2, 0) is 4.79 Å². The van der Waals surface area contributed by atoms with Crippen LogP contribution in [0.2, 0.25) is 0 Å². The van der Waals surface area contributed by atoms with Crippen LogP contribution in [0.5, 0.6) is 0 Å². The second kappa shape index (κ2) is 6.84. The third kappa shape index (κ3) is 3.51. The molecule has 1 aliphatic rings. The van der Waals surface area contributed by atoms with Gasteiger partial charge in [-0.2, -0.15) is 0 Å². The summed E-state index contributed by atoms with van der Waals surface area (Å²) < 4.78 is 39.8. The molecule has 1 N–H and O–H groups in total. The third-order valence-corrected chi connectivity index (χ3v) is 4.53. The van der Waals surface area contributed by atoms with E-state index in [2.05, 4.69) is 10.3 Å². The maximum absolute atomic E-state index is 13.6. The van der Waals surface area contributed by atoms with Crippen molar-refractivity contribution < 1.29 is 18.0 Å². The number of carbonyl (C=O) groups is 1. The van der Waals surface area contributed by atoms with Crippen LogP contribution in [-0.4, -0.2) is 28.9 Å². The van der Waals surface area contributed by atoms with Gasteiger partial charge in [0.25, 0.3) is 0 Å². The first kappa shape index (κ1) is 17.4. The fourth-order valence-electron chi connectivity index (χ4n) is 3.22. The summed E-state index contributed by atoms with van der Waals surface area (Å²) in [6, 6.07) is 5.58. The summed E-state index contributed by atoms with van der Waals surface area (Å²) in [4.78, 5) is 17.7. The van der Waals surface area contributed by atoms with Crippen LogP contribution >= 0.6 is 0 Å². The predicted octanol–water partition coefficient (Wildman–Crippen LogP) is 3.12. The molecule has 3 rings (SSSR count). The second-order valence-corrected chi connectivity index (χ2v) is 6.22. The molecular formula is C18H18F3N3O. The number of benzene rings is 1. The van der Waals surface area contributed by atoms with Crippen LogP contribution in [0.25, 0.3) is 0 Å². The Labute approximate surface area is 143 Å². The number of halogens is 3. The molecule has 1 saturated heterocycles. The number of carbonyl (C=O) groups excluding carboxylic acids is 1. The van der Waals surface area contributed by atoms with E-state index in [1.807, 2.05) is 6.92 Å². The van der Waals surface area contributed by atoms with Gasteiger partial charge in [0.1, 0.15) is 5.82 Å². The summed E-state index contributed by atoms with van der Waals surface area (Å²) >= 11 is 0. The van der Waals surface area contributed by atoms with Crippen molar-refractivity contribution in [3.8, 4) is 0 Å². The Morgan fingerprint density at radius 2 is 1.96 bits per heavy atom. The van der Waals surface area contributed by atoms with Crippen molar-refractivity contribution in [3.05, 3.63) is 65.2 Å². The van der Waals surface area contributed by atoms with Crippen molar-refractivity contribution in [3.63, 3.8) is 0 Å². The number of hydrogen-bond acceptors (Lipinski definition) is 3. The first-order chi connectivity index (χ1) is 11.9. The lowest BCUT2D eigenvalue weighted by atomic mass is 9.98. The second-order valence-electron chi connectivity index (χ2n) is 6.22. The Bertz CT molecular complexity index is 782. The molecule has 2 aromatic rings. The van der Waals surface area contributed by atoms with Gasteiger partial charge >= 0.3 is 0 Å². The number of amides is 1. The highest BCUT2D eigenvalue weighted by Crippen LogP contribution is 2.33. The van der Waals surface area contributed by atoms with Crippen LogP contribution < -0.4 is 5.32 Å². The van der Waals surface area contributed by atoms with Gasteiger partial charge < -0.3 is 10.2 Å². The minimum absolute atomic E-state index is 0.0912. The zero-order valence-electron chi connectivity index (χ0n) is 13.8. The Hall–Kier alpha value is -2.41. The van der Waals surface area contributed by atoms with E-state index in [-0.39, 0.29) is 24.4 Å². The molecule has 0 aliphatic carbocycles. The topological polar surface area (TPSA) is 45.2 Å². The highest BCUT2D eigenvalue weighted by Gasteiger charge is 2.39. The summed E-state index contributed by atoms with van der Waals surface area (Å²) in [6.45, 7) is 1.85. The average molecular weight is 349 g/mol. The van der Waals surface area contributed by atoms with Crippen LogP contribution in [0.4, 0.5) is 13.2 Å². The largest absolute Gasteiger partial charge is 0.337 e. The maximum atomic E-state index is 13.6. The van der Waals surface area contributed by atoms with Crippen LogP contribution in [0, 0.1) is 17.5 Å². The van der Waals surface area contributed by atoms with E-state index in [0.717, 1.165) is 18.3 Å². The maximum Gasteiger partial charge on any atom is 0.224 e. The van der Waals surface area contributed by atoms with Gasteiger partial charge in [-0.15, -0.1) is 0 Å². The fourth-order valence-corrected chi connectivity index (χ4v) is 3.22. The van der Waals surface area contributed by atoms with E-state index in [1.54, 1.807) is 13.1 Å². The highest BCUT2D eigenvalue weighted by molar-refractivity contribution is 5.80. The van der Waals surface area contributed by atoms with Crippen molar-refractivity contribution in [2.75, 3.05) is 7.05 Å². The number of nitrogens with zero attached hydrogens (tertiary/aromatic N) is 2. The average Bonchev–Trinajstić information content (AvgIpc) is 2.85. The van der Waals surface area contributed by atoms with E-state index in [1.165, 1.54) is 17.0 Å². The molecule has 1 aromatic carbocycles. The van der Waals surface area contributed by atoms with E-state index >= 15 is 0 Å². The molecule has 0 saturated carbocycles.